The quantitative estimate of drug-likeness (QED) is 0.872. The lowest BCUT2D eigenvalue weighted by Crippen LogP contribution is -2.37. The van der Waals surface area contributed by atoms with Crippen molar-refractivity contribution in [1.82, 2.24) is 0 Å². The summed E-state index contributed by atoms with van der Waals surface area (Å²) >= 11 is 0. The van der Waals surface area contributed by atoms with Crippen LogP contribution in [0.4, 0.5) is 11.4 Å². The molecule has 0 saturated carbocycles. The van der Waals surface area contributed by atoms with Gasteiger partial charge in [0.25, 0.3) is 0 Å². The van der Waals surface area contributed by atoms with Crippen molar-refractivity contribution in [3.8, 4) is 5.75 Å². The number of rotatable bonds is 6. The number of hydrogen-bond acceptors (Lipinski definition) is 3. The number of carbonyl (C=O) groups is 2. The van der Waals surface area contributed by atoms with Gasteiger partial charge in [0.1, 0.15) is 12.3 Å². The van der Waals surface area contributed by atoms with Gasteiger partial charge in [0.15, 0.2) is 0 Å². The SMILES string of the molecule is CCOc1ccccc1N(CC(=O)Nc1cc(C)cc(C)c1)C(C)=O. The Morgan fingerprint density at radius 3 is 2.32 bits per heavy atom. The summed E-state index contributed by atoms with van der Waals surface area (Å²) in [6, 6.07) is 13.1. The highest BCUT2D eigenvalue weighted by molar-refractivity contribution is 6.02. The van der Waals surface area contributed by atoms with Crippen molar-refractivity contribution in [1.29, 1.82) is 0 Å². The van der Waals surface area contributed by atoms with Crippen LogP contribution in [-0.2, 0) is 9.59 Å². The Kier molecular flexibility index (Phi) is 6.17. The van der Waals surface area contributed by atoms with Gasteiger partial charge in [-0.15, -0.1) is 0 Å². The number of para-hydroxylation sites is 2. The Morgan fingerprint density at radius 2 is 1.72 bits per heavy atom. The van der Waals surface area contributed by atoms with Crippen LogP contribution >= 0.6 is 0 Å². The highest BCUT2D eigenvalue weighted by atomic mass is 16.5. The Labute approximate surface area is 148 Å². The first-order valence-corrected chi connectivity index (χ1v) is 8.28. The van der Waals surface area contributed by atoms with Gasteiger partial charge in [-0.25, -0.2) is 0 Å². The van der Waals surface area contributed by atoms with E-state index in [9.17, 15) is 9.59 Å². The van der Waals surface area contributed by atoms with Crippen LogP contribution in [0.3, 0.4) is 0 Å². The van der Waals surface area contributed by atoms with Gasteiger partial charge in [-0.2, -0.15) is 0 Å². The minimum absolute atomic E-state index is 0.0770. The molecule has 2 aromatic carbocycles. The largest absolute Gasteiger partial charge is 0.492 e. The summed E-state index contributed by atoms with van der Waals surface area (Å²) < 4.78 is 5.57. The van der Waals surface area contributed by atoms with Crippen molar-refractivity contribution in [2.45, 2.75) is 27.7 Å². The molecule has 0 aliphatic rings. The van der Waals surface area contributed by atoms with E-state index in [1.54, 1.807) is 12.1 Å². The molecule has 0 radical (unpaired) electrons. The molecule has 5 nitrogen and oxygen atoms in total. The van der Waals surface area contributed by atoms with Crippen LogP contribution in [0.1, 0.15) is 25.0 Å². The summed E-state index contributed by atoms with van der Waals surface area (Å²) in [5.74, 6) is 0.105. The minimum Gasteiger partial charge on any atom is -0.492 e. The molecule has 0 fully saturated rings. The Hall–Kier alpha value is -2.82. The molecule has 0 aliphatic heterocycles. The van der Waals surface area contributed by atoms with E-state index in [-0.39, 0.29) is 18.4 Å². The minimum atomic E-state index is -0.258. The van der Waals surface area contributed by atoms with Crippen molar-refractivity contribution in [3.05, 3.63) is 53.6 Å². The van der Waals surface area contributed by atoms with Gasteiger partial charge in [0, 0.05) is 12.6 Å². The van der Waals surface area contributed by atoms with Crippen molar-refractivity contribution >= 4 is 23.2 Å². The monoisotopic (exact) mass is 340 g/mol. The molecule has 25 heavy (non-hydrogen) atoms. The van der Waals surface area contributed by atoms with Crippen LogP contribution in [0.5, 0.6) is 5.75 Å². The maximum atomic E-state index is 12.4. The number of carbonyl (C=O) groups excluding carboxylic acids is 2. The first-order valence-electron chi connectivity index (χ1n) is 8.28. The van der Waals surface area contributed by atoms with E-state index in [1.165, 1.54) is 11.8 Å². The van der Waals surface area contributed by atoms with E-state index in [4.69, 9.17) is 4.74 Å². The zero-order chi connectivity index (χ0) is 18.4. The predicted molar refractivity (Wildman–Crippen MR) is 100 cm³/mol. The number of nitrogens with zero attached hydrogens (tertiary/aromatic N) is 1. The normalized spacial score (nSPS) is 10.2. The maximum absolute atomic E-state index is 12.4. The summed E-state index contributed by atoms with van der Waals surface area (Å²) in [6.45, 7) is 7.67. The summed E-state index contributed by atoms with van der Waals surface area (Å²) in [5, 5.41) is 2.86. The Bertz CT molecular complexity index is 751. The van der Waals surface area contributed by atoms with Crippen LogP contribution in [0.2, 0.25) is 0 Å². The Balaban J connectivity index is 2.19. The summed E-state index contributed by atoms with van der Waals surface area (Å²) in [7, 11) is 0. The van der Waals surface area contributed by atoms with Crippen molar-refractivity contribution < 1.29 is 14.3 Å². The average molecular weight is 340 g/mol. The first kappa shape index (κ1) is 18.5. The number of nitrogens with one attached hydrogen (secondary N) is 1. The maximum Gasteiger partial charge on any atom is 0.244 e. The first-order chi connectivity index (χ1) is 11.9. The molecule has 0 bridgehead atoms. The average Bonchev–Trinajstić information content (AvgIpc) is 2.52. The third kappa shape index (κ3) is 5.08. The molecule has 132 valence electrons. The molecule has 0 spiro atoms. The van der Waals surface area contributed by atoms with Gasteiger partial charge < -0.3 is 10.1 Å². The highest BCUT2D eigenvalue weighted by Crippen LogP contribution is 2.28. The zero-order valence-corrected chi connectivity index (χ0v) is 15.1. The van der Waals surface area contributed by atoms with E-state index >= 15 is 0 Å². The third-order valence-corrected chi connectivity index (χ3v) is 3.64. The standard InChI is InChI=1S/C20H24N2O3/c1-5-25-19-9-7-6-8-18(19)22(16(4)23)13-20(24)21-17-11-14(2)10-15(3)12-17/h6-12H,5,13H2,1-4H3,(H,21,24). The summed E-state index contributed by atoms with van der Waals surface area (Å²) in [5.41, 5.74) is 3.46. The van der Waals surface area contributed by atoms with Gasteiger partial charge in [-0.1, -0.05) is 18.2 Å². The van der Waals surface area contributed by atoms with Crippen LogP contribution in [0, 0.1) is 13.8 Å². The molecule has 2 aromatic rings. The second-order valence-corrected chi connectivity index (χ2v) is 5.93. The van der Waals surface area contributed by atoms with Gasteiger partial charge in [-0.3, -0.25) is 14.5 Å². The molecule has 2 amide bonds. The molecule has 0 aromatic heterocycles. The molecule has 5 heteroatoms. The van der Waals surface area contributed by atoms with Gasteiger partial charge in [0.05, 0.1) is 12.3 Å². The molecule has 0 unspecified atom stereocenters. The van der Waals surface area contributed by atoms with E-state index < -0.39 is 0 Å². The second-order valence-electron chi connectivity index (χ2n) is 5.93. The number of ether oxygens (including phenoxy) is 1. The van der Waals surface area contributed by atoms with Gasteiger partial charge in [0.2, 0.25) is 11.8 Å². The Morgan fingerprint density at radius 1 is 1.08 bits per heavy atom. The fraction of sp³-hybridized carbons (Fsp3) is 0.300. The smallest absolute Gasteiger partial charge is 0.244 e. The molecule has 0 aliphatic carbocycles. The molecular weight excluding hydrogens is 316 g/mol. The molecule has 1 N–H and O–H groups in total. The lowest BCUT2D eigenvalue weighted by molar-refractivity contribution is -0.120. The van der Waals surface area contributed by atoms with E-state index in [0.29, 0.717) is 18.0 Å². The van der Waals surface area contributed by atoms with Gasteiger partial charge in [-0.05, 0) is 56.2 Å². The number of benzene rings is 2. The van der Waals surface area contributed by atoms with E-state index in [2.05, 4.69) is 5.32 Å². The third-order valence-electron chi connectivity index (χ3n) is 3.64. The summed E-state index contributed by atoms with van der Waals surface area (Å²) in [6.07, 6.45) is 0. The van der Waals surface area contributed by atoms with Crippen LogP contribution in [0.25, 0.3) is 0 Å². The topological polar surface area (TPSA) is 58.6 Å². The van der Waals surface area contributed by atoms with Crippen molar-refractivity contribution in [3.63, 3.8) is 0 Å². The van der Waals surface area contributed by atoms with Crippen LogP contribution in [-0.4, -0.2) is 25.0 Å². The number of aryl methyl sites for hydroxylation is 2. The lowest BCUT2D eigenvalue weighted by atomic mass is 10.1. The molecule has 0 atom stereocenters. The summed E-state index contributed by atoms with van der Waals surface area (Å²) in [4.78, 5) is 26.0. The molecular formula is C20H24N2O3. The fourth-order valence-corrected chi connectivity index (χ4v) is 2.71. The number of anilines is 2. The number of amides is 2. The predicted octanol–water partition coefficient (Wildman–Crippen LogP) is 3.69. The zero-order valence-electron chi connectivity index (χ0n) is 15.1. The molecule has 0 heterocycles. The van der Waals surface area contributed by atoms with Crippen molar-refractivity contribution in [2.24, 2.45) is 0 Å². The molecule has 2 rings (SSSR count). The van der Waals surface area contributed by atoms with E-state index in [1.807, 2.05) is 51.1 Å². The highest BCUT2D eigenvalue weighted by Gasteiger charge is 2.19. The lowest BCUT2D eigenvalue weighted by Gasteiger charge is -2.23. The van der Waals surface area contributed by atoms with Crippen LogP contribution in [0.15, 0.2) is 42.5 Å². The van der Waals surface area contributed by atoms with Crippen molar-refractivity contribution in [2.75, 3.05) is 23.4 Å². The molecule has 0 saturated heterocycles. The fourth-order valence-electron chi connectivity index (χ4n) is 2.71. The van der Waals surface area contributed by atoms with Gasteiger partial charge >= 0.3 is 0 Å². The number of hydrogen-bond donors (Lipinski definition) is 1. The van der Waals surface area contributed by atoms with E-state index in [0.717, 1.165) is 16.8 Å². The second kappa shape index (κ2) is 8.33. The van der Waals surface area contributed by atoms with Crippen LogP contribution < -0.4 is 15.0 Å².